The van der Waals surface area contributed by atoms with Crippen LogP contribution in [0.5, 0.6) is 11.5 Å². The summed E-state index contributed by atoms with van der Waals surface area (Å²) in [6, 6.07) is 54.5. The number of fused-ring (bicyclic) bond motifs is 7. The van der Waals surface area contributed by atoms with Gasteiger partial charge >= 0.3 is 0 Å². The molecule has 0 aliphatic carbocycles. The van der Waals surface area contributed by atoms with E-state index in [1.807, 2.05) is 72.9 Å². The summed E-state index contributed by atoms with van der Waals surface area (Å²) in [7, 11) is 0. The molecule has 14 rings (SSSR count). The van der Waals surface area contributed by atoms with Crippen molar-refractivity contribution in [3.8, 4) is 67.9 Å². The van der Waals surface area contributed by atoms with E-state index in [2.05, 4.69) is 126 Å². The van der Waals surface area contributed by atoms with Crippen molar-refractivity contribution in [2.75, 3.05) is 0 Å². The van der Waals surface area contributed by atoms with Crippen molar-refractivity contribution in [3.05, 3.63) is 261 Å². The minimum absolute atomic E-state index is 0. The number of imidazole rings is 1. The standard InChI is InChI=1S/C69H48N6O.Pt/c1-69(2,3)49-37-39-71-67(41-49)75-63-36-32-51(74-61-29-12-10-24-56(61)57-25-11-13-30-62(57)74)43-59(63)58-34-33-53(44-65(58)75)76-52-23-16-22-50(42-52)72-45-73(66-40-48(31-35-64(66)72)60-28-14-15-38-70-60)68-54(46-18-6-4-7-19-46)26-17-27-55(68)47-20-8-5-9-21-47;/h4-41,43H,1-3H3;/q-2;/i4D,5D,6D,7D,8D,9D,18D,19D,20D,21D;. The molecule has 5 aromatic heterocycles. The number of rotatable bonds is 9. The Morgan fingerprint density at radius 2 is 1.18 bits per heavy atom. The van der Waals surface area contributed by atoms with Crippen LogP contribution in [0.25, 0.3) is 111 Å². The molecule has 0 aliphatic rings. The van der Waals surface area contributed by atoms with Crippen molar-refractivity contribution in [1.29, 1.82) is 0 Å². The third-order valence-corrected chi connectivity index (χ3v) is 13.9. The molecule has 0 N–H and O–H groups in total. The molecule has 0 unspecified atom stereocenters. The fourth-order valence-corrected chi connectivity index (χ4v) is 10.4. The zero-order chi connectivity index (χ0) is 59.6. The first kappa shape index (κ1) is 37.5. The SMILES string of the molecule is [2H]c1c([2H])c([2H])c(-c2cccc(-c3c([2H])c([2H])c([2H])c([2H])c3[2H])c2-[n+]2[c-]n(-c3[c-]c(Oc4[c-]c5c(cc4)c4cc(-n6c7ccccc7c7ccccc76)ccc4n5-c4cc(C(C)(C)C)ccn4)ccc3)c3ccc(-c4ccccn4)cc32)c([2H])c1[2H].[Pt]. The summed E-state index contributed by atoms with van der Waals surface area (Å²) in [5, 5.41) is 4.27. The van der Waals surface area contributed by atoms with Crippen molar-refractivity contribution in [2.24, 2.45) is 0 Å². The normalized spacial score (nSPS) is 13.5. The summed E-state index contributed by atoms with van der Waals surface area (Å²) < 4.78 is 103. The summed E-state index contributed by atoms with van der Waals surface area (Å²) in [5.74, 6) is 1.45. The summed E-state index contributed by atoms with van der Waals surface area (Å²) in [6.07, 6.45) is 7.01. The van der Waals surface area contributed by atoms with Crippen LogP contribution in [0.3, 0.4) is 0 Å². The summed E-state index contributed by atoms with van der Waals surface area (Å²) in [5.41, 5.74) is 8.66. The molecule has 7 nitrogen and oxygen atoms in total. The smallest absolute Gasteiger partial charge is 0.268 e. The van der Waals surface area contributed by atoms with Crippen LogP contribution in [0, 0.1) is 18.5 Å². The number of hydrogen-bond acceptors (Lipinski definition) is 3. The Kier molecular flexibility index (Phi) is 9.36. The van der Waals surface area contributed by atoms with Gasteiger partial charge in [0.1, 0.15) is 5.82 Å². The van der Waals surface area contributed by atoms with Gasteiger partial charge in [0, 0.05) is 66.9 Å². The Hall–Kier alpha value is -9.16. The number of para-hydroxylation sites is 3. The number of ether oxygens (including phenoxy) is 1. The first-order chi connectivity index (χ1) is 41.5. The third kappa shape index (κ3) is 8.31. The van der Waals surface area contributed by atoms with Crippen LogP contribution in [-0.2, 0) is 26.5 Å². The third-order valence-electron chi connectivity index (χ3n) is 13.9. The fraction of sp³-hybridized carbons (Fsp3) is 0.0580. The van der Waals surface area contributed by atoms with Crippen molar-refractivity contribution in [1.82, 2.24) is 23.7 Å². The van der Waals surface area contributed by atoms with Crippen molar-refractivity contribution in [2.45, 2.75) is 26.2 Å². The predicted molar refractivity (Wildman–Crippen MR) is 307 cm³/mol. The maximum absolute atomic E-state index is 9.20. The number of aromatic nitrogens is 6. The molecule has 0 aliphatic heterocycles. The second-order valence-electron chi connectivity index (χ2n) is 19.5. The molecule has 372 valence electrons. The second-order valence-corrected chi connectivity index (χ2v) is 19.5. The van der Waals surface area contributed by atoms with E-state index in [9.17, 15) is 5.48 Å². The molecule has 0 atom stereocenters. The van der Waals surface area contributed by atoms with Gasteiger partial charge in [0.05, 0.1) is 47.2 Å². The summed E-state index contributed by atoms with van der Waals surface area (Å²) in [4.78, 5) is 9.59. The quantitative estimate of drug-likeness (QED) is 0.107. The fourth-order valence-electron chi connectivity index (χ4n) is 10.4. The van der Waals surface area contributed by atoms with E-state index in [0.717, 1.165) is 49.9 Å². The van der Waals surface area contributed by atoms with E-state index in [1.165, 1.54) is 10.8 Å². The number of pyridine rings is 2. The van der Waals surface area contributed by atoms with Gasteiger partial charge in [-0.15, -0.1) is 29.7 Å². The Bertz CT molecular complexity index is 4970. The average Bonchev–Trinajstić information content (AvgIpc) is 1.73. The van der Waals surface area contributed by atoms with E-state index in [-0.39, 0.29) is 54.4 Å². The Balaban J connectivity index is 0.00000700. The Morgan fingerprint density at radius 3 is 1.88 bits per heavy atom. The number of benzene rings is 9. The van der Waals surface area contributed by atoms with Crippen LogP contribution < -0.4 is 9.30 Å². The average molecular weight is 1180 g/mol. The zero-order valence-electron chi connectivity index (χ0n) is 51.7. The van der Waals surface area contributed by atoms with Gasteiger partial charge in [-0.25, -0.2) is 4.98 Å². The van der Waals surface area contributed by atoms with Gasteiger partial charge in [0.15, 0.2) is 0 Å². The molecule has 9 aromatic carbocycles. The molecule has 8 heteroatoms. The summed E-state index contributed by atoms with van der Waals surface area (Å²) >= 11 is 0. The monoisotopic (exact) mass is 1180 g/mol. The Labute approximate surface area is 474 Å². The molecule has 0 saturated carbocycles. The maximum atomic E-state index is 9.20. The first-order valence-corrected chi connectivity index (χ1v) is 24.8. The van der Waals surface area contributed by atoms with E-state index < -0.39 is 60.4 Å². The first-order valence-electron chi connectivity index (χ1n) is 29.8. The molecule has 5 heterocycles. The van der Waals surface area contributed by atoms with Crippen molar-refractivity contribution < 1.29 is 44.1 Å². The van der Waals surface area contributed by atoms with Crippen LogP contribution in [0.2, 0.25) is 0 Å². The van der Waals surface area contributed by atoms with Gasteiger partial charge in [-0.2, -0.15) is 18.2 Å². The van der Waals surface area contributed by atoms with Crippen LogP contribution in [-0.4, -0.2) is 23.7 Å². The minimum atomic E-state index is -0.589. The van der Waals surface area contributed by atoms with Gasteiger partial charge in [-0.3, -0.25) is 9.55 Å². The largest absolute Gasteiger partial charge is 0.510 e. The molecule has 0 fully saturated rings. The maximum Gasteiger partial charge on any atom is 0.268 e. The van der Waals surface area contributed by atoms with E-state index >= 15 is 0 Å². The molecule has 0 saturated heterocycles. The minimum Gasteiger partial charge on any atom is -0.510 e. The van der Waals surface area contributed by atoms with Gasteiger partial charge in [0.2, 0.25) is 0 Å². The summed E-state index contributed by atoms with van der Waals surface area (Å²) in [6.45, 7) is 6.53. The molecule has 0 amide bonds. The molecular weight excluding hydrogens is 1120 g/mol. The second kappa shape index (κ2) is 19.2. The van der Waals surface area contributed by atoms with E-state index in [0.29, 0.717) is 39.5 Å². The zero-order valence-corrected chi connectivity index (χ0v) is 43.9. The van der Waals surface area contributed by atoms with E-state index in [1.54, 1.807) is 39.6 Å². The molecule has 77 heavy (non-hydrogen) atoms. The topological polar surface area (TPSA) is 53.7 Å². The predicted octanol–water partition coefficient (Wildman–Crippen LogP) is 16.4. The molecule has 0 spiro atoms. The van der Waals surface area contributed by atoms with Gasteiger partial charge < -0.3 is 18.4 Å². The van der Waals surface area contributed by atoms with Crippen LogP contribution >= 0.6 is 0 Å². The van der Waals surface area contributed by atoms with Crippen molar-refractivity contribution >= 4 is 54.6 Å². The van der Waals surface area contributed by atoms with Gasteiger partial charge in [-0.1, -0.05) is 160 Å². The van der Waals surface area contributed by atoms with Crippen molar-refractivity contribution in [3.63, 3.8) is 0 Å². The molecular formula is C69H48N6OPt-2. The molecule has 14 aromatic rings. The van der Waals surface area contributed by atoms with E-state index in [4.69, 9.17) is 17.9 Å². The van der Waals surface area contributed by atoms with Crippen LogP contribution in [0.1, 0.15) is 40.0 Å². The molecule has 0 bridgehead atoms. The number of nitrogens with zero attached hydrogens (tertiary/aromatic N) is 6. The van der Waals surface area contributed by atoms with Crippen LogP contribution in [0.15, 0.2) is 237 Å². The molecule has 0 radical (unpaired) electrons. The van der Waals surface area contributed by atoms with Crippen LogP contribution in [0.4, 0.5) is 0 Å². The number of hydrogen-bond donors (Lipinski definition) is 0. The van der Waals surface area contributed by atoms with Gasteiger partial charge in [0.25, 0.3) is 6.33 Å². The van der Waals surface area contributed by atoms with Gasteiger partial charge in [-0.05, 0) is 111 Å². The Morgan fingerprint density at radius 1 is 0.519 bits per heavy atom.